The van der Waals surface area contributed by atoms with Crippen LogP contribution < -0.4 is 0 Å². The maximum absolute atomic E-state index is 14.3. The fourth-order valence-corrected chi connectivity index (χ4v) is 9.65. The molecule has 0 heterocycles. The Bertz CT molecular complexity index is 790. The third kappa shape index (κ3) is 4.37. The Labute approximate surface area is 205 Å². The van der Waals surface area contributed by atoms with Crippen LogP contribution in [-0.2, 0) is 9.22 Å². The Kier molecular flexibility index (Phi) is 6.70. The molecule has 0 saturated heterocycles. The first kappa shape index (κ1) is 25.7. The van der Waals surface area contributed by atoms with E-state index in [0.29, 0.717) is 29.0 Å². The van der Waals surface area contributed by atoms with Gasteiger partial charge in [-0.05, 0) is 105 Å². The maximum Gasteiger partial charge on any atom is 0.192 e. The lowest BCUT2D eigenvalue weighted by molar-refractivity contribution is -0.133. The average Bonchev–Trinajstić information content (AvgIpc) is 3.19. The van der Waals surface area contributed by atoms with Gasteiger partial charge in [-0.25, -0.2) is 0 Å². The molecule has 3 saturated carbocycles. The molecule has 0 N–H and O–H groups in total. The number of Topliss-reactive ketones (excluding diaryl/α,β-unsaturated/α-hetero) is 1. The highest BCUT2D eigenvalue weighted by Crippen LogP contribution is 2.61. The molecule has 33 heavy (non-hydrogen) atoms. The monoisotopic (exact) mass is 472 g/mol. The van der Waals surface area contributed by atoms with Crippen LogP contribution in [0.3, 0.4) is 0 Å². The predicted molar refractivity (Wildman–Crippen MR) is 142 cm³/mol. The number of fused-ring (bicyclic) bond motifs is 3. The molecule has 0 aromatic heterocycles. The van der Waals surface area contributed by atoms with E-state index in [2.05, 4.69) is 74.6 Å². The molecule has 3 heteroatoms. The Morgan fingerprint density at radius 3 is 2.39 bits per heavy atom. The molecule has 4 rings (SSSR count). The van der Waals surface area contributed by atoms with E-state index in [1.165, 1.54) is 24.8 Å². The molecule has 2 nitrogen and oxygen atoms in total. The molecule has 0 aromatic carbocycles. The molecule has 4 aliphatic rings. The van der Waals surface area contributed by atoms with Gasteiger partial charge in [0.25, 0.3) is 0 Å². The standard InChI is InChI=1S/C30H52O2Si/c1-18(2)21-13-14-30(8)17-25-19(3)11-12-22-20(4)27(32-33(9,10)29(5,6)7)16-24(22)28(31)23(25)15-26(21)30/h11,18,20-27H,12-17H2,1-10H3/b19-11-/t20-,21-,22+,23+,24-,25+,26-,27-,30+/m0/s1. The van der Waals surface area contributed by atoms with Gasteiger partial charge < -0.3 is 4.43 Å². The highest BCUT2D eigenvalue weighted by Gasteiger charge is 2.56. The van der Waals surface area contributed by atoms with Crippen LogP contribution in [0, 0.1) is 52.8 Å². The van der Waals surface area contributed by atoms with Crippen molar-refractivity contribution in [3.8, 4) is 0 Å². The van der Waals surface area contributed by atoms with Gasteiger partial charge in [0.05, 0.1) is 0 Å². The van der Waals surface area contributed by atoms with E-state index in [4.69, 9.17) is 4.43 Å². The zero-order chi connectivity index (χ0) is 24.5. The molecule has 3 fully saturated rings. The van der Waals surface area contributed by atoms with Crippen LogP contribution >= 0.6 is 0 Å². The molecule has 0 spiro atoms. The van der Waals surface area contributed by atoms with Crippen molar-refractivity contribution in [3.05, 3.63) is 11.6 Å². The largest absolute Gasteiger partial charge is 0.414 e. The number of hydrogen-bond donors (Lipinski definition) is 0. The van der Waals surface area contributed by atoms with Crippen molar-refractivity contribution in [2.45, 2.75) is 118 Å². The molecular formula is C30H52O2Si. The van der Waals surface area contributed by atoms with Gasteiger partial charge in [-0.1, -0.05) is 60.1 Å². The van der Waals surface area contributed by atoms with E-state index < -0.39 is 8.32 Å². The average molecular weight is 473 g/mol. The topological polar surface area (TPSA) is 26.3 Å². The summed E-state index contributed by atoms with van der Waals surface area (Å²) >= 11 is 0. The third-order valence-electron chi connectivity index (χ3n) is 11.5. The molecule has 9 atom stereocenters. The summed E-state index contributed by atoms with van der Waals surface area (Å²) in [7, 11) is -1.85. The number of carbonyl (C=O) groups is 1. The first-order chi connectivity index (χ1) is 15.2. The maximum atomic E-state index is 14.3. The van der Waals surface area contributed by atoms with Crippen LogP contribution in [0.25, 0.3) is 0 Å². The summed E-state index contributed by atoms with van der Waals surface area (Å²) in [6.45, 7) is 23.8. The molecule has 0 unspecified atom stereocenters. The number of hydrogen-bond acceptors (Lipinski definition) is 2. The molecule has 4 aliphatic carbocycles. The summed E-state index contributed by atoms with van der Waals surface area (Å²) in [6.07, 6.45) is 9.92. The lowest BCUT2D eigenvalue weighted by Crippen LogP contribution is -2.45. The Hall–Kier alpha value is -0.413. The minimum absolute atomic E-state index is 0.204. The first-order valence-electron chi connectivity index (χ1n) is 14.0. The van der Waals surface area contributed by atoms with E-state index in [-0.39, 0.29) is 23.0 Å². The summed E-state index contributed by atoms with van der Waals surface area (Å²) in [6, 6.07) is 0. The normalized spacial score (nSPS) is 45.7. The third-order valence-corrected chi connectivity index (χ3v) is 16.0. The van der Waals surface area contributed by atoms with Gasteiger partial charge >= 0.3 is 0 Å². The van der Waals surface area contributed by atoms with Gasteiger partial charge in [-0.2, -0.15) is 0 Å². The molecule has 0 aliphatic heterocycles. The summed E-state index contributed by atoms with van der Waals surface area (Å²) in [5, 5.41) is 0.210. The zero-order valence-electron chi connectivity index (χ0n) is 23.3. The van der Waals surface area contributed by atoms with Crippen LogP contribution in [0.5, 0.6) is 0 Å². The van der Waals surface area contributed by atoms with Crippen LogP contribution in [-0.4, -0.2) is 20.2 Å². The predicted octanol–water partition coefficient (Wildman–Crippen LogP) is 8.28. The van der Waals surface area contributed by atoms with Gasteiger partial charge in [0.1, 0.15) is 5.78 Å². The van der Waals surface area contributed by atoms with Crippen LogP contribution in [0.2, 0.25) is 18.1 Å². The van der Waals surface area contributed by atoms with Gasteiger partial charge in [0.15, 0.2) is 8.32 Å². The Morgan fingerprint density at radius 2 is 1.79 bits per heavy atom. The molecule has 0 bridgehead atoms. The fourth-order valence-electron chi connectivity index (χ4n) is 8.23. The van der Waals surface area contributed by atoms with Gasteiger partial charge in [-0.3, -0.25) is 4.79 Å². The van der Waals surface area contributed by atoms with Crippen molar-refractivity contribution in [1.82, 2.24) is 0 Å². The van der Waals surface area contributed by atoms with Crippen LogP contribution in [0.4, 0.5) is 0 Å². The van der Waals surface area contributed by atoms with Crippen molar-refractivity contribution in [2.24, 2.45) is 52.8 Å². The van der Waals surface area contributed by atoms with E-state index in [9.17, 15) is 4.79 Å². The molecule has 0 aromatic rings. The van der Waals surface area contributed by atoms with Crippen LogP contribution in [0.15, 0.2) is 11.6 Å². The smallest absolute Gasteiger partial charge is 0.192 e. The summed E-state index contributed by atoms with van der Waals surface area (Å²) in [5.41, 5.74) is 1.95. The molecular weight excluding hydrogens is 420 g/mol. The molecule has 188 valence electrons. The van der Waals surface area contributed by atoms with Crippen molar-refractivity contribution in [2.75, 3.05) is 0 Å². The number of rotatable bonds is 3. The summed E-state index contributed by atoms with van der Waals surface area (Å²) < 4.78 is 6.96. The van der Waals surface area contributed by atoms with E-state index >= 15 is 0 Å². The number of carbonyl (C=O) groups excluding carboxylic acids is 1. The van der Waals surface area contributed by atoms with Gasteiger partial charge in [-0.15, -0.1) is 0 Å². The highest BCUT2D eigenvalue weighted by molar-refractivity contribution is 6.74. The zero-order valence-corrected chi connectivity index (χ0v) is 24.3. The second-order valence-electron chi connectivity index (χ2n) is 14.7. The SMILES string of the molecule is C/C1=C/C[C@@H]2[C@H](C)[C@@H](O[Si](C)(C)C(C)(C)C)C[C@@H]2C(=O)[C@@H]2C[C@H]3[C@H](C(C)C)CC[C@]3(C)C[C@H]12. The lowest BCUT2D eigenvalue weighted by Gasteiger charge is -2.48. The van der Waals surface area contributed by atoms with Crippen LogP contribution in [0.1, 0.15) is 93.9 Å². The van der Waals surface area contributed by atoms with Crippen molar-refractivity contribution >= 4 is 14.1 Å². The molecule has 0 amide bonds. The van der Waals surface area contributed by atoms with E-state index in [1.807, 2.05) is 0 Å². The second-order valence-corrected chi connectivity index (χ2v) is 19.5. The number of allylic oxidation sites excluding steroid dienone is 2. The highest BCUT2D eigenvalue weighted by atomic mass is 28.4. The minimum atomic E-state index is -1.85. The fraction of sp³-hybridized carbons (Fsp3) is 0.900. The minimum Gasteiger partial charge on any atom is -0.414 e. The Morgan fingerprint density at radius 1 is 1.12 bits per heavy atom. The van der Waals surface area contributed by atoms with Crippen molar-refractivity contribution in [1.29, 1.82) is 0 Å². The Balaban J connectivity index is 1.61. The quantitative estimate of drug-likeness (QED) is 0.305. The summed E-state index contributed by atoms with van der Waals surface area (Å²) in [4.78, 5) is 14.3. The van der Waals surface area contributed by atoms with Crippen molar-refractivity contribution in [3.63, 3.8) is 0 Å². The van der Waals surface area contributed by atoms with Gasteiger partial charge in [0.2, 0.25) is 0 Å². The first-order valence-corrected chi connectivity index (χ1v) is 17.0. The molecule has 0 radical (unpaired) electrons. The lowest BCUT2D eigenvalue weighted by atomic mass is 9.55. The number of ketones is 1. The van der Waals surface area contributed by atoms with E-state index in [1.54, 1.807) is 0 Å². The van der Waals surface area contributed by atoms with E-state index in [0.717, 1.165) is 37.0 Å². The van der Waals surface area contributed by atoms with Gasteiger partial charge in [0, 0.05) is 17.9 Å². The van der Waals surface area contributed by atoms with Crippen molar-refractivity contribution < 1.29 is 9.22 Å². The summed E-state index contributed by atoms with van der Waals surface area (Å²) in [5.74, 6) is 4.72. The second kappa shape index (κ2) is 8.61.